The first-order chi connectivity index (χ1) is 17.3. The van der Waals surface area contributed by atoms with Gasteiger partial charge in [-0.1, -0.05) is 23.7 Å². The monoisotopic (exact) mass is 504 g/mol. The molecule has 186 valence electrons. The van der Waals surface area contributed by atoms with E-state index in [1.54, 1.807) is 0 Å². The van der Waals surface area contributed by atoms with Gasteiger partial charge in [0.1, 0.15) is 5.82 Å². The number of hydrogen-bond donors (Lipinski definition) is 1. The van der Waals surface area contributed by atoms with E-state index in [0.717, 1.165) is 33.8 Å². The van der Waals surface area contributed by atoms with Crippen LogP contribution < -0.4 is 0 Å². The van der Waals surface area contributed by atoms with Crippen LogP contribution in [0, 0.1) is 12.3 Å². The van der Waals surface area contributed by atoms with Crippen molar-refractivity contribution in [3.8, 4) is 0 Å². The van der Waals surface area contributed by atoms with Crippen LogP contribution >= 0.6 is 11.6 Å². The Kier molecular flexibility index (Phi) is 6.59. The summed E-state index contributed by atoms with van der Waals surface area (Å²) in [5.41, 5.74) is 5.07. The molecule has 0 saturated carbocycles. The molecule has 1 aliphatic heterocycles. The number of amides is 1. The largest absolute Gasteiger partial charge is 0.337 e. The number of aliphatic imine (C=N–C) groups is 1. The van der Waals surface area contributed by atoms with E-state index in [0.29, 0.717) is 43.3 Å². The quantitative estimate of drug-likeness (QED) is 0.372. The number of benzene rings is 1. The van der Waals surface area contributed by atoms with E-state index < -0.39 is 0 Å². The number of halogens is 1. The van der Waals surface area contributed by atoms with E-state index in [9.17, 15) is 4.79 Å². The maximum Gasteiger partial charge on any atom is 0.236 e. The van der Waals surface area contributed by atoms with Crippen molar-refractivity contribution in [2.75, 3.05) is 33.7 Å². The van der Waals surface area contributed by atoms with Crippen LogP contribution in [0.4, 0.5) is 0 Å². The van der Waals surface area contributed by atoms with E-state index in [4.69, 9.17) is 17.0 Å². The van der Waals surface area contributed by atoms with Crippen LogP contribution in [0.25, 0.3) is 16.7 Å². The summed E-state index contributed by atoms with van der Waals surface area (Å²) >= 11 is 6.25. The molecule has 3 aromatic heterocycles. The van der Waals surface area contributed by atoms with Crippen LogP contribution in [0.2, 0.25) is 5.02 Å². The molecular weight excluding hydrogens is 476 g/mol. The zero-order chi connectivity index (χ0) is 25.4. The molecule has 5 rings (SSSR count). The maximum atomic E-state index is 12.1. The standard InChI is InChI=1S/C26H29ClN8O/c1-17-30-31-25-8-7-22-24(35(17)25)12-23(34(22)13-18-5-4-6-19(27)11-18)21(28)9-10-29-20-14-33(15-20)26(36)16-32(2)3/h4-8,10-12,20,28H,9,13-16H2,1-3H3. The maximum absolute atomic E-state index is 12.1. The summed E-state index contributed by atoms with van der Waals surface area (Å²) in [4.78, 5) is 20.4. The van der Waals surface area contributed by atoms with Crippen molar-refractivity contribution in [3.05, 3.63) is 64.6 Å². The highest BCUT2D eigenvalue weighted by atomic mass is 35.5. The van der Waals surface area contributed by atoms with Gasteiger partial charge in [0.25, 0.3) is 0 Å². The van der Waals surface area contributed by atoms with Gasteiger partial charge < -0.3 is 19.8 Å². The van der Waals surface area contributed by atoms with Gasteiger partial charge in [-0.2, -0.15) is 0 Å². The van der Waals surface area contributed by atoms with Gasteiger partial charge in [0.15, 0.2) is 5.65 Å². The topological polar surface area (TPSA) is 94.9 Å². The summed E-state index contributed by atoms with van der Waals surface area (Å²) in [6, 6.07) is 13.9. The van der Waals surface area contributed by atoms with Crippen molar-refractivity contribution in [3.63, 3.8) is 0 Å². The zero-order valence-electron chi connectivity index (χ0n) is 20.6. The van der Waals surface area contributed by atoms with E-state index in [1.165, 1.54) is 0 Å². The van der Waals surface area contributed by atoms with Gasteiger partial charge in [-0.3, -0.25) is 14.2 Å². The molecular formula is C26H29ClN8O. The molecule has 1 aliphatic rings. The van der Waals surface area contributed by atoms with Crippen LogP contribution in [0.15, 0.2) is 47.5 Å². The van der Waals surface area contributed by atoms with Crippen LogP contribution in [0.3, 0.4) is 0 Å². The Hall–Kier alpha value is -3.56. The average molecular weight is 505 g/mol. The Balaban J connectivity index is 1.38. The molecule has 0 bridgehead atoms. The van der Waals surface area contributed by atoms with Crippen LogP contribution in [0.5, 0.6) is 0 Å². The highest BCUT2D eigenvalue weighted by Crippen LogP contribution is 2.25. The Labute approximate surface area is 214 Å². The fourth-order valence-corrected chi connectivity index (χ4v) is 4.81. The molecule has 36 heavy (non-hydrogen) atoms. The third kappa shape index (κ3) is 4.76. The van der Waals surface area contributed by atoms with Crippen molar-refractivity contribution >= 4 is 46.1 Å². The lowest BCUT2D eigenvalue weighted by molar-refractivity contribution is -0.136. The van der Waals surface area contributed by atoms with Crippen molar-refractivity contribution < 1.29 is 4.79 Å². The van der Waals surface area contributed by atoms with E-state index >= 15 is 0 Å². The number of aryl methyl sites for hydroxylation is 1. The summed E-state index contributed by atoms with van der Waals surface area (Å²) in [6.07, 6.45) is 2.21. The molecule has 9 nitrogen and oxygen atoms in total. The molecule has 1 saturated heterocycles. The van der Waals surface area contributed by atoms with Gasteiger partial charge in [-0.15, -0.1) is 10.2 Å². The molecule has 0 aliphatic carbocycles. The summed E-state index contributed by atoms with van der Waals surface area (Å²) < 4.78 is 4.16. The summed E-state index contributed by atoms with van der Waals surface area (Å²) in [6.45, 7) is 4.19. The second-order valence-corrected chi connectivity index (χ2v) is 9.93. The fraction of sp³-hybridized carbons (Fsp3) is 0.346. The molecule has 0 atom stereocenters. The van der Waals surface area contributed by atoms with Crippen LogP contribution in [-0.2, 0) is 11.3 Å². The lowest BCUT2D eigenvalue weighted by Crippen LogP contribution is -2.54. The van der Waals surface area contributed by atoms with Crippen LogP contribution in [-0.4, -0.2) is 86.6 Å². The average Bonchev–Trinajstić information content (AvgIpc) is 3.35. The number of hydrogen-bond acceptors (Lipinski definition) is 6. The smallest absolute Gasteiger partial charge is 0.236 e. The highest BCUT2D eigenvalue weighted by Gasteiger charge is 2.29. The number of nitrogens with one attached hydrogen (secondary N) is 1. The normalized spacial score (nSPS) is 14.4. The minimum Gasteiger partial charge on any atom is -0.337 e. The number of fused-ring (bicyclic) bond motifs is 3. The summed E-state index contributed by atoms with van der Waals surface area (Å²) in [5.74, 6) is 0.925. The molecule has 1 amide bonds. The molecule has 0 unspecified atom stereocenters. The van der Waals surface area contributed by atoms with Gasteiger partial charge in [0, 0.05) is 37.3 Å². The van der Waals surface area contributed by atoms with E-state index in [2.05, 4.69) is 19.8 Å². The van der Waals surface area contributed by atoms with Gasteiger partial charge in [0.2, 0.25) is 5.91 Å². The number of carbonyl (C=O) groups excluding carboxylic acids is 1. The van der Waals surface area contributed by atoms with Crippen molar-refractivity contribution in [1.29, 1.82) is 5.41 Å². The third-order valence-electron chi connectivity index (χ3n) is 6.42. The van der Waals surface area contributed by atoms with Crippen molar-refractivity contribution in [2.24, 2.45) is 4.99 Å². The second-order valence-electron chi connectivity index (χ2n) is 9.49. The Morgan fingerprint density at radius 1 is 1.19 bits per heavy atom. The molecule has 1 N–H and O–H groups in total. The predicted molar refractivity (Wildman–Crippen MR) is 143 cm³/mol. The first-order valence-corrected chi connectivity index (χ1v) is 12.3. The van der Waals surface area contributed by atoms with Crippen molar-refractivity contribution in [1.82, 2.24) is 29.0 Å². The van der Waals surface area contributed by atoms with Gasteiger partial charge in [-0.05, 0) is 56.9 Å². The molecule has 4 aromatic rings. The number of likely N-dealkylation sites (N-methyl/N-ethyl adjacent to an activating group) is 1. The lowest BCUT2D eigenvalue weighted by Gasteiger charge is -2.37. The lowest BCUT2D eigenvalue weighted by atomic mass is 10.1. The molecule has 1 aromatic carbocycles. The first kappa shape index (κ1) is 24.1. The molecule has 0 spiro atoms. The number of nitrogens with zero attached hydrogens (tertiary/aromatic N) is 7. The minimum atomic E-state index is 0.0977. The van der Waals surface area contributed by atoms with E-state index in [-0.39, 0.29) is 11.9 Å². The van der Waals surface area contributed by atoms with Gasteiger partial charge in [0.05, 0.1) is 35.0 Å². The Bertz CT molecular complexity index is 1480. The number of likely N-dealkylation sites (tertiary alicyclic amines) is 1. The molecule has 10 heteroatoms. The molecule has 1 fully saturated rings. The highest BCUT2D eigenvalue weighted by molar-refractivity contribution is 6.30. The van der Waals surface area contributed by atoms with Gasteiger partial charge in [-0.25, -0.2) is 0 Å². The summed E-state index contributed by atoms with van der Waals surface area (Å²) in [7, 11) is 3.78. The fourth-order valence-electron chi connectivity index (χ4n) is 4.60. The number of aromatic nitrogens is 4. The Morgan fingerprint density at radius 2 is 2.00 bits per heavy atom. The first-order valence-electron chi connectivity index (χ1n) is 11.9. The SMILES string of the molecule is Cc1nnc2ccc3c(cc(C(=N)CC=NC4CN(C(=O)CN(C)C)C4)n3Cc3cccc(Cl)c3)n12. The zero-order valence-corrected chi connectivity index (χ0v) is 21.4. The summed E-state index contributed by atoms with van der Waals surface area (Å²) in [5, 5.41) is 18.0. The van der Waals surface area contributed by atoms with E-state index in [1.807, 2.05) is 83.9 Å². The van der Waals surface area contributed by atoms with Crippen LogP contribution in [0.1, 0.15) is 23.5 Å². The Morgan fingerprint density at radius 3 is 2.75 bits per heavy atom. The van der Waals surface area contributed by atoms with Gasteiger partial charge >= 0.3 is 0 Å². The second kappa shape index (κ2) is 9.83. The molecule has 0 radical (unpaired) electrons. The molecule has 4 heterocycles. The minimum absolute atomic E-state index is 0.0977. The number of carbonyl (C=O) groups is 1. The number of pyridine rings is 1. The van der Waals surface area contributed by atoms with Crippen molar-refractivity contribution in [2.45, 2.75) is 25.9 Å². The predicted octanol–water partition coefficient (Wildman–Crippen LogP) is 3.30. The number of rotatable bonds is 8. The third-order valence-corrected chi connectivity index (χ3v) is 6.65.